The first-order valence-corrected chi connectivity index (χ1v) is 26.2. The molecule has 2 N–H and O–H groups in total. The van der Waals surface area contributed by atoms with Crippen molar-refractivity contribution < 1.29 is 42.4 Å². The second-order valence-electron chi connectivity index (χ2n) is 20.9. The normalized spacial score (nSPS) is 21.7. The highest BCUT2D eigenvalue weighted by molar-refractivity contribution is 6.88. The minimum atomic E-state index is -2.74. The van der Waals surface area contributed by atoms with E-state index in [1.165, 1.54) is 17.0 Å². The van der Waals surface area contributed by atoms with Gasteiger partial charge in [0.25, 0.3) is 26.7 Å². The van der Waals surface area contributed by atoms with Crippen LogP contribution >= 0.6 is 0 Å². The van der Waals surface area contributed by atoms with Gasteiger partial charge in [-0.05, 0) is 95.4 Å². The zero-order valence-corrected chi connectivity index (χ0v) is 43.6. The molecular formula is C51H66FN10O8Si. The SMILES string of the molecule is CCn1c2c3c4cc(ccc41)-c1nc(no1)C[Si](NC(=O)[C@H](C(C)C)N(C)C(=O)C1(F)CCN(C(=O)C#CC(C)(C)N(C)C)CC1)C(=O)N1CCC[C@H](N1)C(=O)OCC(C)(C)C3[C@H](OC)c1ncccc1-2. The lowest BCUT2D eigenvalue weighted by Gasteiger charge is -2.42. The molecule has 1 unspecified atom stereocenters. The fourth-order valence-corrected chi connectivity index (χ4v) is 12.2. The molecule has 20 heteroatoms. The number of alkyl halides is 1. The summed E-state index contributed by atoms with van der Waals surface area (Å²) in [6, 6.07) is 7.73. The van der Waals surface area contributed by atoms with Gasteiger partial charge in [0.05, 0.1) is 23.5 Å². The van der Waals surface area contributed by atoms with Crippen molar-refractivity contribution in [2.45, 2.75) is 122 Å². The van der Waals surface area contributed by atoms with Crippen molar-refractivity contribution in [2.24, 2.45) is 11.3 Å². The second-order valence-corrected chi connectivity index (χ2v) is 22.9. The smallest absolute Gasteiger partial charge is 0.324 e. The summed E-state index contributed by atoms with van der Waals surface area (Å²) in [5.74, 6) is 2.62. The van der Waals surface area contributed by atoms with E-state index in [-0.39, 0.29) is 62.8 Å². The lowest BCUT2D eigenvalue weighted by atomic mass is 9.67. The summed E-state index contributed by atoms with van der Waals surface area (Å²) >= 11 is 0. The molecule has 2 saturated heterocycles. The van der Waals surface area contributed by atoms with Crippen molar-refractivity contribution in [2.75, 3.05) is 54.5 Å². The number of esters is 1. The first-order valence-electron chi connectivity index (χ1n) is 24.4. The molecule has 4 aliphatic rings. The molecule has 0 saturated carbocycles. The van der Waals surface area contributed by atoms with Gasteiger partial charge in [0.15, 0.2) is 11.5 Å². The molecule has 1 aliphatic carbocycles. The molecule has 6 bridgehead atoms. The molecule has 379 valence electrons. The van der Waals surface area contributed by atoms with Gasteiger partial charge in [-0.3, -0.25) is 38.9 Å². The van der Waals surface area contributed by atoms with Crippen LogP contribution < -0.4 is 10.4 Å². The van der Waals surface area contributed by atoms with E-state index in [1.54, 1.807) is 27.2 Å². The summed E-state index contributed by atoms with van der Waals surface area (Å²) < 4.78 is 37.4. The molecule has 0 spiro atoms. The number of pyridine rings is 1. The number of benzene rings is 1. The summed E-state index contributed by atoms with van der Waals surface area (Å²) in [6.07, 6.45) is 1.58. The zero-order valence-electron chi connectivity index (χ0n) is 42.6. The molecule has 18 nitrogen and oxygen atoms in total. The number of piperidine rings is 1. The second kappa shape index (κ2) is 19.9. The summed E-state index contributed by atoms with van der Waals surface area (Å²) in [7, 11) is 4.04. The summed E-state index contributed by atoms with van der Waals surface area (Å²) in [4.78, 5) is 87.5. The molecule has 2 fully saturated rings. The average molecular weight is 994 g/mol. The first kappa shape index (κ1) is 51.3. The summed E-state index contributed by atoms with van der Waals surface area (Å²) in [5.41, 5.74) is 4.35. The van der Waals surface area contributed by atoms with Crippen LogP contribution in [0.25, 0.3) is 33.6 Å². The molecule has 4 amide bonds. The Morgan fingerprint density at radius 3 is 2.52 bits per heavy atom. The molecule has 3 aliphatic heterocycles. The van der Waals surface area contributed by atoms with Crippen LogP contribution in [-0.4, -0.2) is 155 Å². The van der Waals surface area contributed by atoms with E-state index >= 15 is 4.39 Å². The fraction of sp³-hybridized carbons (Fsp3) is 0.569. The highest BCUT2D eigenvalue weighted by Gasteiger charge is 2.50. The van der Waals surface area contributed by atoms with Crippen LogP contribution in [0.5, 0.6) is 0 Å². The number of amides is 4. The number of halogens is 1. The maximum Gasteiger partial charge on any atom is 0.324 e. The fourth-order valence-electron chi connectivity index (χ4n) is 10.4. The largest absolute Gasteiger partial charge is 0.464 e. The number of hydrogen-bond acceptors (Lipinski definition) is 13. The van der Waals surface area contributed by atoms with Gasteiger partial charge in [-0.25, -0.2) is 9.82 Å². The predicted octanol–water partition coefficient (Wildman–Crippen LogP) is 5.16. The lowest BCUT2D eigenvalue weighted by Crippen LogP contribution is -2.64. The Labute approximate surface area is 416 Å². The third kappa shape index (κ3) is 9.73. The number of likely N-dealkylation sites (tertiary alicyclic amines) is 1. The number of hydrazine groups is 1. The van der Waals surface area contributed by atoms with Gasteiger partial charge in [0, 0.05) is 98.8 Å². The van der Waals surface area contributed by atoms with Crippen molar-refractivity contribution >= 4 is 49.1 Å². The van der Waals surface area contributed by atoms with E-state index in [2.05, 4.69) is 58.8 Å². The highest BCUT2D eigenvalue weighted by Crippen LogP contribution is 2.57. The van der Waals surface area contributed by atoms with Crippen molar-refractivity contribution in [1.29, 1.82) is 0 Å². The third-order valence-electron chi connectivity index (χ3n) is 14.8. The number of fused-ring (bicyclic) bond motifs is 8. The quantitative estimate of drug-likeness (QED) is 0.134. The Balaban J connectivity index is 1.11. The number of nitrogens with one attached hydrogen (secondary N) is 2. The van der Waals surface area contributed by atoms with Crippen LogP contribution in [0.3, 0.4) is 0 Å². The van der Waals surface area contributed by atoms with E-state index < -0.39 is 78.9 Å². The number of hydrogen-bond donors (Lipinski definition) is 2. The van der Waals surface area contributed by atoms with Crippen LogP contribution in [0.1, 0.15) is 103 Å². The van der Waals surface area contributed by atoms with Crippen molar-refractivity contribution in [3.05, 3.63) is 53.6 Å². The Morgan fingerprint density at radius 2 is 1.85 bits per heavy atom. The number of likely N-dealkylation sites (N-methyl/N-ethyl adjacent to an activating group) is 1. The molecular weight excluding hydrogens is 928 g/mol. The Morgan fingerprint density at radius 1 is 1.11 bits per heavy atom. The van der Waals surface area contributed by atoms with E-state index in [1.807, 2.05) is 57.1 Å². The predicted molar refractivity (Wildman–Crippen MR) is 264 cm³/mol. The molecule has 1 radical (unpaired) electrons. The van der Waals surface area contributed by atoms with Crippen molar-refractivity contribution in [3.63, 3.8) is 0 Å². The molecule has 8 rings (SSSR count). The number of aromatic nitrogens is 4. The van der Waals surface area contributed by atoms with Gasteiger partial charge >= 0.3 is 5.97 Å². The number of carbonyl (C=O) groups excluding carboxylic acids is 5. The number of cyclic esters (lactones) is 1. The molecule has 1 aromatic carbocycles. The number of rotatable bonds is 8. The number of aryl methyl sites for hydroxylation is 1. The topological polar surface area (TPSA) is 198 Å². The standard InChI is InChI=1S/C51H66FN10O8Si/c1-12-61-35-18-17-31-27-33(35)38-39(43(68-11)40-32(42(38)61)15-13-23-53-40)49(4,5)29-69-46(65)34-16-14-24-62(55-34)48(67)71(28-36-54-45(31)70-56-36)57-44(64)41(30(2)3)59(10)47(66)51(52)21-25-60(26-22-51)37(63)19-20-50(6,7)58(8)9/h13,15,17-18,23,27,30,34,39,41,43,55H,12,14,16,21-22,24-26,28-29H2,1-11H3,(H,57,64)/t34-,39?,41-,43-/m0/s1. The third-order valence-corrected chi connectivity index (χ3v) is 16.8. The van der Waals surface area contributed by atoms with Crippen LogP contribution in [0, 0.1) is 23.2 Å². The van der Waals surface area contributed by atoms with E-state index in [9.17, 15) is 24.0 Å². The van der Waals surface area contributed by atoms with Crippen LogP contribution in [-0.2, 0) is 41.2 Å². The molecule has 6 heterocycles. The van der Waals surface area contributed by atoms with Gasteiger partial charge in [0.2, 0.25) is 11.4 Å². The number of carbonyl (C=O) groups is 5. The van der Waals surface area contributed by atoms with Gasteiger partial charge in [-0.1, -0.05) is 38.8 Å². The summed E-state index contributed by atoms with van der Waals surface area (Å²) in [5, 5.41) is 6.60. The van der Waals surface area contributed by atoms with E-state index in [0.717, 1.165) is 38.3 Å². The van der Waals surface area contributed by atoms with Crippen LogP contribution in [0.2, 0.25) is 0 Å². The summed E-state index contributed by atoms with van der Waals surface area (Å²) in [6.45, 7) is 14.3. The van der Waals surface area contributed by atoms with Gasteiger partial charge in [-0.15, -0.1) is 0 Å². The lowest BCUT2D eigenvalue weighted by molar-refractivity contribution is -0.153. The Kier molecular flexibility index (Phi) is 14.4. The number of ether oxygens (including phenoxy) is 2. The Bertz CT molecular complexity index is 2790. The van der Waals surface area contributed by atoms with Crippen LogP contribution in [0.4, 0.5) is 9.18 Å². The number of nitrogens with zero attached hydrogens (tertiary/aromatic N) is 8. The molecule has 4 aromatic rings. The van der Waals surface area contributed by atoms with Crippen molar-refractivity contribution in [1.82, 2.24) is 49.8 Å². The minimum Gasteiger partial charge on any atom is -0.464 e. The average Bonchev–Trinajstić information content (AvgIpc) is 3.95. The van der Waals surface area contributed by atoms with Crippen molar-refractivity contribution in [3.8, 4) is 34.6 Å². The number of methoxy groups -OCH3 is 1. The minimum absolute atomic E-state index is 0.0182. The molecule has 4 atom stereocenters. The highest BCUT2D eigenvalue weighted by atomic mass is 28.3. The first-order chi connectivity index (χ1) is 33.6. The molecule has 3 aromatic heterocycles. The van der Waals surface area contributed by atoms with Gasteiger partial charge < -0.3 is 33.3 Å². The zero-order chi connectivity index (χ0) is 51.3. The van der Waals surface area contributed by atoms with Crippen LogP contribution in [0.15, 0.2) is 41.1 Å². The van der Waals surface area contributed by atoms with E-state index in [4.69, 9.17) is 24.0 Å². The Hall–Kier alpha value is -6.01. The van der Waals surface area contributed by atoms with Gasteiger partial charge in [-0.2, -0.15) is 4.98 Å². The maximum atomic E-state index is 16.7. The van der Waals surface area contributed by atoms with E-state index in [0.29, 0.717) is 24.9 Å². The maximum absolute atomic E-state index is 16.7. The molecule has 71 heavy (non-hydrogen) atoms. The monoisotopic (exact) mass is 993 g/mol. The van der Waals surface area contributed by atoms with Gasteiger partial charge in [0.1, 0.15) is 18.2 Å².